The van der Waals surface area contributed by atoms with Crippen LogP contribution < -0.4 is 0 Å². The van der Waals surface area contributed by atoms with Crippen LogP contribution in [0.2, 0.25) is 5.02 Å². The van der Waals surface area contributed by atoms with Gasteiger partial charge in [-0.05, 0) is 39.5 Å². The molecule has 1 heterocycles. The molecule has 0 spiro atoms. The fraction of sp³-hybridized carbons (Fsp3) is 0.100. The zero-order chi connectivity index (χ0) is 10.1. The first kappa shape index (κ1) is 9.97. The molecule has 2 aromatic rings. The minimum absolute atomic E-state index is 0.467. The molecule has 0 aliphatic heterocycles. The average Bonchev–Trinajstić information content (AvgIpc) is 2.48. The van der Waals surface area contributed by atoms with E-state index in [1.165, 1.54) is 0 Å². The van der Waals surface area contributed by atoms with Crippen molar-refractivity contribution in [2.24, 2.45) is 0 Å². The normalized spacial score (nSPS) is 10.4. The molecule has 0 unspecified atom stereocenters. The Morgan fingerprint density at radius 2 is 2.21 bits per heavy atom. The van der Waals surface area contributed by atoms with Gasteiger partial charge in [-0.3, -0.25) is 0 Å². The van der Waals surface area contributed by atoms with Crippen molar-refractivity contribution in [3.05, 3.63) is 32.6 Å². The van der Waals surface area contributed by atoms with Gasteiger partial charge in [-0.1, -0.05) is 11.6 Å². The molecule has 1 aromatic carbocycles. The number of nitrogens with zero attached hydrogens (tertiary/aromatic N) is 1. The predicted octanol–water partition coefficient (Wildman–Crippen LogP) is 4.38. The number of benzene rings is 1. The first-order valence-corrected chi connectivity index (χ1v) is 5.94. The summed E-state index contributed by atoms with van der Waals surface area (Å²) in [6, 6.07) is 8.06. The molecule has 14 heavy (non-hydrogen) atoms. The van der Waals surface area contributed by atoms with Gasteiger partial charge in [-0.2, -0.15) is 5.26 Å². The Hall–Kier alpha value is -0.560. The summed E-state index contributed by atoms with van der Waals surface area (Å²) < 4.78 is 2.06. The average molecular weight is 287 g/mol. The second-order valence-corrected chi connectivity index (χ2v) is 5.28. The monoisotopic (exact) mass is 285 g/mol. The summed E-state index contributed by atoms with van der Waals surface area (Å²) in [6.45, 7) is 0. The van der Waals surface area contributed by atoms with E-state index in [1.807, 2.05) is 18.2 Å². The summed E-state index contributed by atoms with van der Waals surface area (Å²) in [5.41, 5.74) is 0. The van der Waals surface area contributed by atoms with Gasteiger partial charge in [0.2, 0.25) is 0 Å². The molecular weight excluding hydrogens is 282 g/mol. The van der Waals surface area contributed by atoms with E-state index in [4.69, 9.17) is 16.9 Å². The standard InChI is InChI=1S/C10H5BrClNS/c11-8-5-10-6(4-9(8)12)3-7(14-10)1-2-13/h3-5H,1H2. The van der Waals surface area contributed by atoms with Gasteiger partial charge in [0.05, 0.1) is 17.5 Å². The summed E-state index contributed by atoms with van der Waals surface area (Å²) in [4.78, 5) is 1.08. The maximum Gasteiger partial charge on any atom is 0.0696 e. The van der Waals surface area contributed by atoms with Gasteiger partial charge in [0, 0.05) is 14.0 Å². The van der Waals surface area contributed by atoms with Gasteiger partial charge in [-0.15, -0.1) is 11.3 Å². The molecule has 70 valence electrons. The van der Waals surface area contributed by atoms with Crippen LogP contribution in [0.5, 0.6) is 0 Å². The number of thiophene rings is 1. The van der Waals surface area contributed by atoms with E-state index in [9.17, 15) is 0 Å². The van der Waals surface area contributed by atoms with Crippen LogP contribution in [0.25, 0.3) is 10.1 Å². The molecule has 0 aliphatic rings. The number of halogens is 2. The maximum absolute atomic E-state index is 8.58. The zero-order valence-corrected chi connectivity index (χ0v) is 10.2. The Balaban J connectivity index is 2.61. The van der Waals surface area contributed by atoms with Gasteiger partial charge in [0.15, 0.2) is 0 Å². The van der Waals surface area contributed by atoms with E-state index in [-0.39, 0.29) is 0 Å². The summed E-state index contributed by atoms with van der Waals surface area (Å²) in [5.74, 6) is 0. The molecule has 2 rings (SSSR count). The molecule has 0 fully saturated rings. The molecule has 0 aliphatic carbocycles. The minimum atomic E-state index is 0.467. The van der Waals surface area contributed by atoms with E-state index in [1.54, 1.807) is 11.3 Å². The third-order valence-corrected chi connectivity index (χ3v) is 4.16. The summed E-state index contributed by atoms with van der Waals surface area (Å²) in [7, 11) is 0. The van der Waals surface area contributed by atoms with Gasteiger partial charge in [0.1, 0.15) is 0 Å². The number of hydrogen-bond donors (Lipinski definition) is 0. The molecule has 0 saturated carbocycles. The fourth-order valence-electron chi connectivity index (χ4n) is 1.25. The van der Waals surface area contributed by atoms with Crippen molar-refractivity contribution in [1.82, 2.24) is 0 Å². The highest BCUT2D eigenvalue weighted by Gasteiger charge is 2.04. The molecule has 0 amide bonds. The Morgan fingerprint density at radius 3 is 2.93 bits per heavy atom. The third-order valence-electron chi connectivity index (χ3n) is 1.86. The summed E-state index contributed by atoms with van der Waals surface area (Å²) in [6.07, 6.45) is 0.467. The van der Waals surface area contributed by atoms with E-state index in [0.717, 1.165) is 19.4 Å². The fourth-order valence-corrected chi connectivity index (χ4v) is 2.94. The Bertz CT molecular complexity index is 488. The predicted molar refractivity (Wildman–Crippen MR) is 63.9 cm³/mol. The Labute approximate surface area is 99.0 Å². The largest absolute Gasteiger partial charge is 0.198 e. The van der Waals surface area contributed by atoms with E-state index in [0.29, 0.717) is 11.4 Å². The van der Waals surface area contributed by atoms with Crippen LogP contribution in [0.4, 0.5) is 0 Å². The Kier molecular flexibility index (Phi) is 2.78. The van der Waals surface area contributed by atoms with Gasteiger partial charge < -0.3 is 0 Å². The van der Waals surface area contributed by atoms with Crippen LogP contribution >= 0.6 is 38.9 Å². The zero-order valence-electron chi connectivity index (χ0n) is 7.05. The van der Waals surface area contributed by atoms with Crippen molar-refractivity contribution in [2.45, 2.75) is 6.42 Å². The minimum Gasteiger partial charge on any atom is -0.198 e. The molecule has 4 heteroatoms. The van der Waals surface area contributed by atoms with Gasteiger partial charge in [0.25, 0.3) is 0 Å². The van der Waals surface area contributed by atoms with Crippen molar-refractivity contribution in [3.63, 3.8) is 0 Å². The van der Waals surface area contributed by atoms with E-state index >= 15 is 0 Å². The lowest BCUT2D eigenvalue weighted by molar-refractivity contribution is 1.32. The Morgan fingerprint density at radius 1 is 1.43 bits per heavy atom. The second kappa shape index (κ2) is 3.90. The van der Waals surface area contributed by atoms with Crippen LogP contribution in [0.1, 0.15) is 4.88 Å². The molecule has 1 aromatic heterocycles. The lowest BCUT2D eigenvalue weighted by Crippen LogP contribution is -1.69. The van der Waals surface area contributed by atoms with Crippen molar-refractivity contribution < 1.29 is 0 Å². The molecular formula is C10H5BrClNS. The van der Waals surface area contributed by atoms with E-state index < -0.39 is 0 Å². The first-order chi connectivity index (χ1) is 6.70. The first-order valence-electron chi connectivity index (χ1n) is 3.95. The van der Waals surface area contributed by atoms with Crippen LogP contribution in [-0.2, 0) is 6.42 Å². The van der Waals surface area contributed by atoms with Gasteiger partial charge in [-0.25, -0.2) is 0 Å². The summed E-state index contributed by atoms with van der Waals surface area (Å²) >= 11 is 11.0. The van der Waals surface area contributed by atoms with Crippen molar-refractivity contribution in [1.29, 1.82) is 5.26 Å². The highest BCUT2D eigenvalue weighted by Crippen LogP contribution is 2.33. The number of rotatable bonds is 1. The lowest BCUT2D eigenvalue weighted by Gasteiger charge is -1.94. The number of hydrogen-bond acceptors (Lipinski definition) is 2. The molecule has 0 radical (unpaired) electrons. The number of fused-ring (bicyclic) bond motifs is 1. The quantitative estimate of drug-likeness (QED) is 0.763. The van der Waals surface area contributed by atoms with Crippen LogP contribution in [0.3, 0.4) is 0 Å². The molecule has 1 nitrogen and oxygen atoms in total. The highest BCUT2D eigenvalue weighted by molar-refractivity contribution is 9.10. The number of nitriles is 1. The smallest absolute Gasteiger partial charge is 0.0696 e. The van der Waals surface area contributed by atoms with Crippen LogP contribution in [0.15, 0.2) is 22.7 Å². The molecule has 0 atom stereocenters. The molecule has 0 bridgehead atoms. The maximum atomic E-state index is 8.58. The third kappa shape index (κ3) is 1.78. The van der Waals surface area contributed by atoms with Crippen molar-refractivity contribution in [3.8, 4) is 6.07 Å². The van der Waals surface area contributed by atoms with Crippen molar-refractivity contribution >= 4 is 49.0 Å². The SMILES string of the molecule is N#CCc1cc2cc(Cl)c(Br)cc2s1. The highest BCUT2D eigenvalue weighted by atomic mass is 79.9. The van der Waals surface area contributed by atoms with Crippen molar-refractivity contribution in [2.75, 3.05) is 0 Å². The van der Waals surface area contributed by atoms with E-state index in [2.05, 4.69) is 22.0 Å². The topological polar surface area (TPSA) is 23.8 Å². The van der Waals surface area contributed by atoms with Gasteiger partial charge >= 0.3 is 0 Å². The van der Waals surface area contributed by atoms with Crippen LogP contribution in [0, 0.1) is 11.3 Å². The molecule has 0 N–H and O–H groups in total. The van der Waals surface area contributed by atoms with Crippen LogP contribution in [-0.4, -0.2) is 0 Å². The second-order valence-electron chi connectivity index (χ2n) is 2.85. The lowest BCUT2D eigenvalue weighted by atomic mass is 10.2. The molecule has 0 saturated heterocycles. The summed E-state index contributed by atoms with van der Waals surface area (Å²) in [5, 5.41) is 10.4.